The van der Waals surface area contributed by atoms with Crippen molar-refractivity contribution in [3.05, 3.63) is 28.8 Å². The number of nitrogens with one attached hydrogen (secondary N) is 1. The highest BCUT2D eigenvalue weighted by atomic mass is 16.5. The van der Waals surface area contributed by atoms with Gasteiger partial charge in [-0.1, -0.05) is 24.1 Å². The number of ether oxygens (including phenoxy) is 1. The fraction of sp³-hybridized carbons (Fsp3) is 0.571. The maximum atomic E-state index is 12.4. The van der Waals surface area contributed by atoms with Crippen LogP contribution in [0, 0.1) is 38.5 Å². The Balaban J connectivity index is 1.53. The number of ketones is 1. The van der Waals surface area contributed by atoms with Gasteiger partial charge < -0.3 is 10.1 Å². The van der Waals surface area contributed by atoms with E-state index >= 15 is 0 Å². The first-order valence-electron chi connectivity index (χ1n) is 9.43. The van der Waals surface area contributed by atoms with E-state index in [1.807, 2.05) is 32.9 Å². The monoisotopic (exact) mass is 357 g/mol. The first-order chi connectivity index (χ1) is 12.3. The van der Waals surface area contributed by atoms with Crippen molar-refractivity contribution in [1.82, 2.24) is 0 Å². The standard InChI is InChI=1S/C21H27NO4/c1-12-7-13(2)19(14(3)8-12)22-18(23)11-26-21(25)17-9-15-5-4-6-16(10-17)20(15)24/h7-8,15-17H,4-6,9-11H2,1-3H3,(H,22,23)/t15-,16-/m1/s1. The zero-order valence-corrected chi connectivity index (χ0v) is 15.8. The molecule has 0 unspecified atom stereocenters. The van der Waals surface area contributed by atoms with E-state index in [-0.39, 0.29) is 36.2 Å². The van der Waals surface area contributed by atoms with Crippen molar-refractivity contribution in [2.24, 2.45) is 17.8 Å². The van der Waals surface area contributed by atoms with Crippen LogP contribution < -0.4 is 5.32 Å². The summed E-state index contributed by atoms with van der Waals surface area (Å²) in [4.78, 5) is 36.7. The van der Waals surface area contributed by atoms with Gasteiger partial charge in [0, 0.05) is 17.5 Å². The number of rotatable bonds is 4. The van der Waals surface area contributed by atoms with Crippen molar-refractivity contribution in [1.29, 1.82) is 0 Å². The summed E-state index contributed by atoms with van der Waals surface area (Å²) in [6.07, 6.45) is 3.98. The van der Waals surface area contributed by atoms with Crippen LogP contribution in [-0.4, -0.2) is 24.3 Å². The summed E-state index contributed by atoms with van der Waals surface area (Å²) in [7, 11) is 0. The summed E-state index contributed by atoms with van der Waals surface area (Å²) in [6, 6.07) is 4.01. The molecule has 1 aromatic carbocycles. The van der Waals surface area contributed by atoms with Crippen LogP contribution in [0.15, 0.2) is 12.1 Å². The molecule has 0 spiro atoms. The van der Waals surface area contributed by atoms with Gasteiger partial charge in [0.2, 0.25) is 0 Å². The molecule has 2 aliphatic carbocycles. The molecule has 1 aromatic rings. The number of hydrogen-bond acceptors (Lipinski definition) is 4. The minimum atomic E-state index is -0.345. The molecule has 5 heteroatoms. The van der Waals surface area contributed by atoms with Gasteiger partial charge in [0.1, 0.15) is 5.78 Å². The van der Waals surface area contributed by atoms with E-state index in [0.29, 0.717) is 18.6 Å². The van der Waals surface area contributed by atoms with Gasteiger partial charge in [0.15, 0.2) is 6.61 Å². The highest BCUT2D eigenvalue weighted by molar-refractivity contribution is 5.94. The molecule has 3 rings (SSSR count). The van der Waals surface area contributed by atoms with E-state index < -0.39 is 0 Å². The molecule has 5 nitrogen and oxygen atoms in total. The van der Waals surface area contributed by atoms with E-state index in [2.05, 4.69) is 5.32 Å². The lowest BCUT2D eigenvalue weighted by atomic mass is 9.67. The first kappa shape index (κ1) is 18.6. The smallest absolute Gasteiger partial charge is 0.309 e. The molecule has 0 radical (unpaired) electrons. The van der Waals surface area contributed by atoms with Crippen molar-refractivity contribution in [2.45, 2.75) is 52.9 Å². The third-order valence-corrected chi connectivity index (χ3v) is 5.67. The van der Waals surface area contributed by atoms with Crippen LogP contribution in [-0.2, 0) is 19.1 Å². The lowest BCUT2D eigenvalue weighted by molar-refractivity contribution is -0.155. The van der Waals surface area contributed by atoms with Crippen LogP contribution in [0.3, 0.4) is 0 Å². The predicted molar refractivity (Wildman–Crippen MR) is 98.8 cm³/mol. The van der Waals surface area contributed by atoms with Crippen molar-refractivity contribution in [3.63, 3.8) is 0 Å². The molecular formula is C21H27NO4. The second-order valence-corrected chi connectivity index (χ2v) is 7.83. The fourth-order valence-corrected chi connectivity index (χ4v) is 4.48. The van der Waals surface area contributed by atoms with Gasteiger partial charge in [-0.15, -0.1) is 0 Å². The highest BCUT2D eigenvalue weighted by Gasteiger charge is 2.41. The molecule has 2 bridgehead atoms. The third kappa shape index (κ3) is 3.97. The number of anilines is 1. The molecule has 2 aliphatic rings. The minimum Gasteiger partial charge on any atom is -0.455 e. The molecule has 2 saturated carbocycles. The number of amides is 1. The Morgan fingerprint density at radius 1 is 1.08 bits per heavy atom. The maximum absolute atomic E-state index is 12.4. The van der Waals surface area contributed by atoms with Crippen LogP contribution >= 0.6 is 0 Å². The third-order valence-electron chi connectivity index (χ3n) is 5.67. The molecule has 2 fully saturated rings. The number of benzene rings is 1. The number of carbonyl (C=O) groups is 3. The normalized spacial score (nSPS) is 24.9. The second-order valence-electron chi connectivity index (χ2n) is 7.83. The summed E-state index contributed by atoms with van der Waals surface area (Å²) in [5.74, 6) is -0.595. The average molecular weight is 357 g/mol. The average Bonchev–Trinajstić information content (AvgIpc) is 2.55. The molecule has 140 valence electrons. The van der Waals surface area contributed by atoms with Crippen LogP contribution in [0.1, 0.15) is 48.8 Å². The molecule has 1 amide bonds. The van der Waals surface area contributed by atoms with Crippen LogP contribution in [0.4, 0.5) is 5.69 Å². The Morgan fingerprint density at radius 2 is 1.65 bits per heavy atom. The van der Waals surface area contributed by atoms with E-state index in [4.69, 9.17) is 4.74 Å². The second kappa shape index (κ2) is 7.60. The molecule has 0 aromatic heterocycles. The minimum absolute atomic E-state index is 0.00624. The van der Waals surface area contributed by atoms with E-state index in [1.165, 1.54) is 0 Å². The number of hydrogen-bond donors (Lipinski definition) is 1. The zero-order valence-electron chi connectivity index (χ0n) is 15.8. The Bertz CT molecular complexity index is 701. The fourth-order valence-electron chi connectivity index (χ4n) is 4.48. The van der Waals surface area contributed by atoms with Crippen molar-refractivity contribution < 1.29 is 19.1 Å². The topological polar surface area (TPSA) is 72.5 Å². The summed E-state index contributed by atoms with van der Waals surface area (Å²) in [5, 5.41) is 2.84. The van der Waals surface area contributed by atoms with Gasteiger partial charge in [-0.25, -0.2) is 0 Å². The first-order valence-corrected chi connectivity index (χ1v) is 9.43. The Kier molecular flexibility index (Phi) is 5.44. The van der Waals surface area contributed by atoms with E-state index in [1.54, 1.807) is 0 Å². The lowest BCUT2D eigenvalue weighted by Gasteiger charge is -2.36. The highest BCUT2D eigenvalue weighted by Crippen LogP contribution is 2.40. The van der Waals surface area contributed by atoms with Crippen molar-refractivity contribution in [2.75, 3.05) is 11.9 Å². The largest absolute Gasteiger partial charge is 0.455 e. The van der Waals surface area contributed by atoms with Crippen LogP contribution in [0.2, 0.25) is 0 Å². The number of aryl methyl sites for hydroxylation is 3. The number of carbonyl (C=O) groups excluding carboxylic acids is 3. The Morgan fingerprint density at radius 3 is 2.23 bits per heavy atom. The SMILES string of the molecule is Cc1cc(C)c(NC(=O)COC(=O)C2C[C@H]3CCC[C@H](C2)C3=O)c(C)c1. The molecular weight excluding hydrogens is 330 g/mol. The molecule has 2 atom stereocenters. The Hall–Kier alpha value is -2.17. The van der Waals surface area contributed by atoms with Gasteiger partial charge in [-0.05, 0) is 57.6 Å². The van der Waals surface area contributed by atoms with Gasteiger partial charge >= 0.3 is 5.97 Å². The van der Waals surface area contributed by atoms with E-state index in [9.17, 15) is 14.4 Å². The lowest BCUT2D eigenvalue weighted by Crippen LogP contribution is -2.40. The molecule has 0 aliphatic heterocycles. The maximum Gasteiger partial charge on any atom is 0.309 e. The van der Waals surface area contributed by atoms with Gasteiger partial charge in [0.05, 0.1) is 5.92 Å². The predicted octanol–water partition coefficient (Wildman–Crippen LogP) is 3.49. The molecule has 0 heterocycles. The van der Waals surface area contributed by atoms with Crippen molar-refractivity contribution in [3.8, 4) is 0 Å². The van der Waals surface area contributed by atoms with Gasteiger partial charge in [-0.3, -0.25) is 14.4 Å². The van der Waals surface area contributed by atoms with Gasteiger partial charge in [-0.2, -0.15) is 0 Å². The molecule has 1 N–H and O–H groups in total. The quantitative estimate of drug-likeness (QED) is 0.837. The molecule has 0 saturated heterocycles. The Labute approximate surface area is 154 Å². The zero-order chi connectivity index (χ0) is 18.8. The van der Waals surface area contributed by atoms with Gasteiger partial charge in [0.25, 0.3) is 5.91 Å². The summed E-state index contributed by atoms with van der Waals surface area (Å²) < 4.78 is 5.26. The number of Topliss-reactive ketones (excluding diaryl/α,β-unsaturated/α-hetero) is 1. The van der Waals surface area contributed by atoms with E-state index in [0.717, 1.165) is 41.6 Å². The summed E-state index contributed by atoms with van der Waals surface area (Å²) in [5.41, 5.74) is 3.89. The summed E-state index contributed by atoms with van der Waals surface area (Å²) in [6.45, 7) is 5.61. The summed E-state index contributed by atoms with van der Waals surface area (Å²) >= 11 is 0. The van der Waals surface area contributed by atoms with Crippen LogP contribution in [0.25, 0.3) is 0 Å². The number of fused-ring (bicyclic) bond motifs is 2. The van der Waals surface area contributed by atoms with Crippen LogP contribution in [0.5, 0.6) is 0 Å². The molecule has 26 heavy (non-hydrogen) atoms. The number of esters is 1. The van der Waals surface area contributed by atoms with Crippen molar-refractivity contribution >= 4 is 23.3 Å².